The van der Waals surface area contributed by atoms with Gasteiger partial charge in [0.25, 0.3) is 0 Å². The number of carbonyl (C=O) groups excluding carboxylic acids is 1. The van der Waals surface area contributed by atoms with Crippen molar-refractivity contribution in [2.75, 3.05) is 26.6 Å². The number of thioether (sulfide) groups is 1. The monoisotopic (exact) mass is 296 g/mol. The predicted octanol–water partition coefficient (Wildman–Crippen LogP) is 2.87. The van der Waals surface area contributed by atoms with Gasteiger partial charge in [0.2, 0.25) is 0 Å². The van der Waals surface area contributed by atoms with Crippen LogP contribution in [0.5, 0.6) is 5.75 Å². The number of carbonyl (C=O) groups is 1. The first-order valence-corrected chi connectivity index (χ1v) is 7.60. The van der Waals surface area contributed by atoms with E-state index in [0.717, 1.165) is 22.6 Å². The van der Waals surface area contributed by atoms with Gasteiger partial charge in [0.15, 0.2) is 0 Å². The molecule has 0 radical (unpaired) electrons. The van der Waals surface area contributed by atoms with E-state index in [1.165, 1.54) is 7.11 Å². The lowest BCUT2D eigenvalue weighted by Gasteiger charge is -2.28. The van der Waals surface area contributed by atoms with E-state index in [4.69, 9.17) is 14.2 Å². The van der Waals surface area contributed by atoms with E-state index < -0.39 is 4.93 Å². The van der Waals surface area contributed by atoms with Crippen molar-refractivity contribution in [1.29, 1.82) is 0 Å². The van der Waals surface area contributed by atoms with E-state index in [2.05, 4.69) is 6.07 Å². The highest BCUT2D eigenvalue weighted by atomic mass is 32.2. The second-order valence-corrected chi connectivity index (χ2v) is 6.07. The van der Waals surface area contributed by atoms with Crippen molar-refractivity contribution < 1.29 is 19.0 Å². The molecule has 0 spiro atoms. The topological polar surface area (TPSA) is 44.8 Å². The Morgan fingerprint density at radius 2 is 2.25 bits per heavy atom. The SMILES string of the molecule is COC(=O)CCC1(c2ccc(OC)c(C)c2)OCCS1. The van der Waals surface area contributed by atoms with Crippen LogP contribution in [0.2, 0.25) is 0 Å². The van der Waals surface area contributed by atoms with E-state index in [0.29, 0.717) is 19.4 Å². The Hall–Kier alpha value is -1.20. The van der Waals surface area contributed by atoms with E-state index in [1.807, 2.05) is 19.1 Å². The molecule has 1 aromatic rings. The molecule has 1 aliphatic rings. The lowest BCUT2D eigenvalue weighted by molar-refractivity contribution is -0.141. The van der Waals surface area contributed by atoms with Gasteiger partial charge >= 0.3 is 5.97 Å². The maximum absolute atomic E-state index is 11.4. The van der Waals surface area contributed by atoms with Crippen molar-refractivity contribution in [2.24, 2.45) is 0 Å². The summed E-state index contributed by atoms with van der Waals surface area (Å²) in [6, 6.07) is 6.04. The molecular weight excluding hydrogens is 276 g/mol. The number of hydrogen-bond acceptors (Lipinski definition) is 5. The molecule has 4 nitrogen and oxygen atoms in total. The van der Waals surface area contributed by atoms with Crippen LogP contribution in [0.25, 0.3) is 0 Å². The maximum Gasteiger partial charge on any atom is 0.305 e. The van der Waals surface area contributed by atoms with Gasteiger partial charge in [0.1, 0.15) is 10.7 Å². The van der Waals surface area contributed by atoms with Crippen molar-refractivity contribution in [1.82, 2.24) is 0 Å². The number of esters is 1. The van der Waals surface area contributed by atoms with Gasteiger partial charge in [-0.25, -0.2) is 0 Å². The third kappa shape index (κ3) is 3.10. The number of hydrogen-bond donors (Lipinski definition) is 0. The van der Waals surface area contributed by atoms with E-state index in [-0.39, 0.29) is 5.97 Å². The quantitative estimate of drug-likeness (QED) is 0.782. The second kappa shape index (κ2) is 6.50. The van der Waals surface area contributed by atoms with Crippen LogP contribution in [0.3, 0.4) is 0 Å². The number of methoxy groups -OCH3 is 2. The average molecular weight is 296 g/mol. The summed E-state index contributed by atoms with van der Waals surface area (Å²) in [6.07, 6.45) is 0.977. The normalized spacial score (nSPS) is 21.8. The van der Waals surface area contributed by atoms with Crippen LogP contribution in [0.1, 0.15) is 24.0 Å². The number of aryl methyl sites for hydroxylation is 1. The average Bonchev–Trinajstić information content (AvgIpc) is 2.94. The summed E-state index contributed by atoms with van der Waals surface area (Å²) in [4.78, 5) is 11.0. The number of rotatable bonds is 5. The highest BCUT2D eigenvalue weighted by molar-refractivity contribution is 8.00. The van der Waals surface area contributed by atoms with Crippen LogP contribution in [-0.4, -0.2) is 32.5 Å². The lowest BCUT2D eigenvalue weighted by Crippen LogP contribution is -2.23. The first-order chi connectivity index (χ1) is 9.61. The molecule has 0 saturated carbocycles. The fourth-order valence-electron chi connectivity index (χ4n) is 2.39. The van der Waals surface area contributed by atoms with Crippen molar-refractivity contribution in [2.45, 2.75) is 24.7 Å². The molecule has 0 aromatic heterocycles. The van der Waals surface area contributed by atoms with E-state index in [1.54, 1.807) is 18.9 Å². The van der Waals surface area contributed by atoms with Crippen LogP contribution in [0, 0.1) is 6.92 Å². The second-order valence-electron chi connectivity index (χ2n) is 4.71. The van der Waals surface area contributed by atoms with Crippen LogP contribution >= 0.6 is 11.8 Å². The molecule has 1 heterocycles. The molecule has 1 fully saturated rings. The van der Waals surface area contributed by atoms with Crippen molar-refractivity contribution in [3.8, 4) is 5.75 Å². The van der Waals surface area contributed by atoms with Crippen molar-refractivity contribution >= 4 is 17.7 Å². The van der Waals surface area contributed by atoms with Gasteiger partial charge in [0.05, 0.1) is 20.8 Å². The Balaban J connectivity index is 2.23. The van der Waals surface area contributed by atoms with Gasteiger partial charge in [-0.2, -0.15) is 0 Å². The smallest absolute Gasteiger partial charge is 0.305 e. The van der Waals surface area contributed by atoms with Gasteiger partial charge < -0.3 is 14.2 Å². The van der Waals surface area contributed by atoms with Gasteiger partial charge in [-0.1, -0.05) is 6.07 Å². The largest absolute Gasteiger partial charge is 0.496 e. The molecule has 2 rings (SSSR count). The molecule has 20 heavy (non-hydrogen) atoms. The summed E-state index contributed by atoms with van der Waals surface area (Å²) in [6.45, 7) is 2.72. The van der Waals surface area contributed by atoms with Crippen LogP contribution in [0.4, 0.5) is 0 Å². The fourth-order valence-corrected chi connectivity index (χ4v) is 3.60. The molecule has 1 saturated heterocycles. The van der Waals surface area contributed by atoms with Gasteiger partial charge in [-0.15, -0.1) is 11.8 Å². The molecule has 1 atom stereocenters. The summed E-state index contributed by atoms with van der Waals surface area (Å²) in [5, 5.41) is 0. The highest BCUT2D eigenvalue weighted by Crippen LogP contribution is 2.46. The molecule has 110 valence electrons. The summed E-state index contributed by atoms with van der Waals surface area (Å²) in [5.74, 6) is 1.59. The third-order valence-electron chi connectivity index (χ3n) is 3.47. The Bertz CT molecular complexity index is 481. The standard InChI is InChI=1S/C15H20O4S/c1-11-10-12(4-5-13(11)17-2)15(19-8-9-20-15)7-6-14(16)18-3/h4-5,10H,6-9H2,1-3H3. The Kier molecular flexibility index (Phi) is 4.94. The molecule has 0 bridgehead atoms. The summed E-state index contributed by atoms with van der Waals surface area (Å²) in [7, 11) is 3.07. The highest BCUT2D eigenvalue weighted by Gasteiger charge is 2.38. The molecular formula is C15H20O4S. The molecule has 0 amide bonds. The third-order valence-corrected chi connectivity index (χ3v) is 4.87. The van der Waals surface area contributed by atoms with Crippen molar-refractivity contribution in [3.63, 3.8) is 0 Å². The molecule has 1 aromatic carbocycles. The summed E-state index contributed by atoms with van der Waals surface area (Å²) >= 11 is 1.75. The van der Waals surface area contributed by atoms with Crippen LogP contribution in [-0.2, 0) is 19.2 Å². The number of benzene rings is 1. The Morgan fingerprint density at radius 3 is 2.80 bits per heavy atom. The summed E-state index contributed by atoms with van der Waals surface area (Å²) in [5.41, 5.74) is 2.15. The molecule has 0 aliphatic carbocycles. The minimum atomic E-state index is -0.439. The maximum atomic E-state index is 11.4. The van der Waals surface area contributed by atoms with E-state index >= 15 is 0 Å². The Labute approximate surface area is 123 Å². The first-order valence-electron chi connectivity index (χ1n) is 6.61. The van der Waals surface area contributed by atoms with Gasteiger partial charge in [-0.3, -0.25) is 4.79 Å². The zero-order valence-corrected chi connectivity index (χ0v) is 12.9. The minimum absolute atomic E-state index is 0.203. The molecule has 5 heteroatoms. The van der Waals surface area contributed by atoms with E-state index in [9.17, 15) is 4.79 Å². The van der Waals surface area contributed by atoms with Crippen molar-refractivity contribution in [3.05, 3.63) is 29.3 Å². The van der Waals surface area contributed by atoms with Crippen LogP contribution < -0.4 is 4.74 Å². The summed E-state index contributed by atoms with van der Waals surface area (Å²) < 4.78 is 16.0. The molecule has 1 unspecified atom stereocenters. The predicted molar refractivity (Wildman–Crippen MR) is 79.1 cm³/mol. The first kappa shape index (κ1) is 15.2. The Morgan fingerprint density at radius 1 is 1.45 bits per heavy atom. The minimum Gasteiger partial charge on any atom is -0.496 e. The lowest BCUT2D eigenvalue weighted by atomic mass is 10.0. The van der Waals surface area contributed by atoms with Crippen LogP contribution in [0.15, 0.2) is 18.2 Å². The molecule has 1 aliphatic heterocycles. The van der Waals surface area contributed by atoms with Gasteiger partial charge in [0, 0.05) is 18.6 Å². The van der Waals surface area contributed by atoms with Gasteiger partial charge in [-0.05, 0) is 30.2 Å². The molecule has 0 N–H and O–H groups in total. The zero-order chi connectivity index (χ0) is 14.6. The number of ether oxygens (including phenoxy) is 3. The zero-order valence-electron chi connectivity index (χ0n) is 12.1. The fraction of sp³-hybridized carbons (Fsp3) is 0.533.